The molecular weight excluding hydrogens is 306 g/mol. The number of allylic oxidation sites excluding steroid dienone is 1. The maximum absolute atomic E-state index is 13.2. The summed E-state index contributed by atoms with van der Waals surface area (Å²) in [5.74, 6) is 0.413. The summed E-state index contributed by atoms with van der Waals surface area (Å²) >= 11 is 0. The van der Waals surface area contributed by atoms with Crippen LogP contribution in [-0.2, 0) is 10.2 Å². The van der Waals surface area contributed by atoms with Crippen molar-refractivity contribution in [2.24, 2.45) is 0 Å². The number of H-pyrrole nitrogens is 1. The van der Waals surface area contributed by atoms with Crippen LogP contribution in [0.15, 0.2) is 53.0 Å². The van der Waals surface area contributed by atoms with Gasteiger partial charge >= 0.3 is 0 Å². The fraction of sp³-hybridized carbons (Fsp3) is 0.316. The highest BCUT2D eigenvalue weighted by Gasteiger charge is 2.57. The molecule has 2 aliphatic heterocycles. The lowest BCUT2D eigenvalue weighted by molar-refractivity contribution is -0.170. The van der Waals surface area contributed by atoms with Crippen molar-refractivity contribution in [1.29, 1.82) is 0 Å². The molecule has 0 unspecified atom stereocenters. The number of pyridine rings is 1. The maximum Gasteiger partial charge on any atom is 0.199 e. The van der Waals surface area contributed by atoms with Gasteiger partial charge in [-0.2, -0.15) is 0 Å². The van der Waals surface area contributed by atoms with E-state index in [9.17, 15) is 9.90 Å². The summed E-state index contributed by atoms with van der Waals surface area (Å²) < 4.78 is 11.5. The topological polar surface area (TPSA) is 71.5 Å². The number of aliphatic hydroxyl groups excluding tert-OH is 1. The smallest absolute Gasteiger partial charge is 0.199 e. The van der Waals surface area contributed by atoms with Crippen LogP contribution < -0.4 is 10.2 Å². The molecule has 3 heterocycles. The van der Waals surface area contributed by atoms with E-state index in [1.54, 1.807) is 6.20 Å². The van der Waals surface area contributed by atoms with Gasteiger partial charge in [0.05, 0.1) is 17.6 Å². The number of aliphatic hydroxyl groups is 1. The summed E-state index contributed by atoms with van der Waals surface area (Å²) in [5, 5.41) is 10.5. The van der Waals surface area contributed by atoms with Gasteiger partial charge in [0.2, 0.25) is 0 Å². The van der Waals surface area contributed by atoms with Crippen molar-refractivity contribution < 1.29 is 14.6 Å². The molecule has 0 saturated carbocycles. The molecule has 0 radical (unpaired) electrons. The summed E-state index contributed by atoms with van der Waals surface area (Å²) in [7, 11) is 0. The van der Waals surface area contributed by atoms with Crippen molar-refractivity contribution in [3.63, 3.8) is 0 Å². The number of fused-ring (bicyclic) bond motifs is 3. The predicted molar refractivity (Wildman–Crippen MR) is 90.0 cm³/mol. The van der Waals surface area contributed by atoms with Gasteiger partial charge < -0.3 is 19.6 Å². The van der Waals surface area contributed by atoms with E-state index < -0.39 is 17.8 Å². The van der Waals surface area contributed by atoms with Crippen molar-refractivity contribution in [3.05, 3.63) is 64.0 Å². The number of hydrogen-bond acceptors (Lipinski definition) is 4. The molecule has 5 heteroatoms. The minimum atomic E-state index is -1.10. The lowest BCUT2D eigenvalue weighted by Gasteiger charge is -2.39. The number of rotatable bonds is 1. The second-order valence-electron chi connectivity index (χ2n) is 6.41. The first-order chi connectivity index (χ1) is 11.6. The zero-order valence-corrected chi connectivity index (χ0v) is 13.6. The minimum absolute atomic E-state index is 0.139. The number of hydrogen-bond donors (Lipinski definition) is 2. The monoisotopic (exact) mass is 325 g/mol. The number of aromatic nitrogens is 1. The summed E-state index contributed by atoms with van der Waals surface area (Å²) in [6.07, 6.45) is 2.08. The molecule has 1 aromatic heterocycles. The van der Waals surface area contributed by atoms with Gasteiger partial charge in [-0.15, -0.1) is 0 Å². The Hall–Kier alpha value is -2.37. The largest absolute Gasteiger partial charge is 0.470 e. The van der Waals surface area contributed by atoms with Crippen molar-refractivity contribution >= 4 is 0 Å². The molecule has 1 aromatic carbocycles. The van der Waals surface area contributed by atoms with Crippen molar-refractivity contribution in [3.8, 4) is 17.0 Å². The van der Waals surface area contributed by atoms with E-state index in [2.05, 4.69) is 4.98 Å². The zero-order valence-electron chi connectivity index (χ0n) is 13.6. The highest BCUT2D eigenvalue weighted by molar-refractivity contribution is 5.65. The Morgan fingerprint density at radius 3 is 2.79 bits per heavy atom. The van der Waals surface area contributed by atoms with E-state index in [-0.39, 0.29) is 5.43 Å². The fourth-order valence-corrected chi connectivity index (χ4v) is 3.67. The van der Waals surface area contributed by atoms with Gasteiger partial charge in [0, 0.05) is 11.8 Å². The Kier molecular flexibility index (Phi) is 3.37. The Morgan fingerprint density at radius 1 is 1.33 bits per heavy atom. The molecule has 2 N–H and O–H groups in total. The molecule has 0 aliphatic carbocycles. The normalized spacial score (nSPS) is 29.9. The summed E-state index contributed by atoms with van der Waals surface area (Å²) in [6.45, 7) is 4.02. The van der Waals surface area contributed by atoms with Crippen LogP contribution in [0.25, 0.3) is 11.1 Å². The molecule has 24 heavy (non-hydrogen) atoms. The average Bonchev–Trinajstić information content (AvgIpc) is 2.92. The molecular formula is C19H19NO4. The van der Waals surface area contributed by atoms with Gasteiger partial charge in [-0.05, 0) is 25.0 Å². The van der Waals surface area contributed by atoms with Crippen LogP contribution in [0.5, 0.6) is 5.88 Å². The fourth-order valence-electron chi connectivity index (χ4n) is 3.67. The van der Waals surface area contributed by atoms with Gasteiger partial charge in [0.15, 0.2) is 17.6 Å². The van der Waals surface area contributed by atoms with Gasteiger partial charge in [-0.1, -0.05) is 36.4 Å². The molecule has 2 aromatic rings. The first kappa shape index (κ1) is 15.2. The van der Waals surface area contributed by atoms with Crippen molar-refractivity contribution in [1.82, 2.24) is 4.98 Å². The van der Waals surface area contributed by atoms with Crippen LogP contribution >= 0.6 is 0 Å². The van der Waals surface area contributed by atoms with Crippen LogP contribution in [0.4, 0.5) is 0 Å². The van der Waals surface area contributed by atoms with E-state index in [0.29, 0.717) is 23.6 Å². The summed E-state index contributed by atoms with van der Waals surface area (Å²) in [5.41, 5.74) is 1.67. The Labute approximate surface area is 139 Å². The second kappa shape index (κ2) is 5.33. The van der Waals surface area contributed by atoms with Gasteiger partial charge in [-0.25, -0.2) is 0 Å². The molecule has 3 atom stereocenters. The highest BCUT2D eigenvalue weighted by atomic mass is 16.6. The van der Waals surface area contributed by atoms with Crippen LogP contribution in [-0.4, -0.2) is 29.1 Å². The minimum Gasteiger partial charge on any atom is -0.470 e. The number of aromatic amines is 1. The molecule has 5 nitrogen and oxygen atoms in total. The third-order valence-electron chi connectivity index (χ3n) is 5.08. The van der Waals surface area contributed by atoms with E-state index in [0.717, 1.165) is 11.1 Å². The van der Waals surface area contributed by atoms with E-state index >= 15 is 0 Å². The van der Waals surface area contributed by atoms with Gasteiger partial charge in [-0.3, -0.25) is 4.79 Å². The maximum atomic E-state index is 13.2. The molecule has 0 amide bonds. The first-order valence-electron chi connectivity index (χ1n) is 8.00. The zero-order chi connectivity index (χ0) is 16.9. The standard InChI is InChI=1S/C19H19NO4/c1-3-11-10-23-18(22)19(2)14-15(21)13(12-7-5-4-6-8-12)9-20-17(14)24-16(11)19/h3-9,16,18,22H,10H2,1-2H3,(H,20,21)/b11-3+/t16-,18+,19-/m0/s1. The highest BCUT2D eigenvalue weighted by Crippen LogP contribution is 2.48. The molecule has 0 bridgehead atoms. The van der Waals surface area contributed by atoms with Crippen molar-refractivity contribution in [2.45, 2.75) is 31.7 Å². The predicted octanol–water partition coefficient (Wildman–Crippen LogP) is 2.36. The molecule has 0 spiro atoms. The number of benzene rings is 1. The Morgan fingerprint density at radius 2 is 2.08 bits per heavy atom. The second-order valence-corrected chi connectivity index (χ2v) is 6.41. The number of ether oxygens (including phenoxy) is 2. The number of nitrogens with one attached hydrogen (secondary N) is 1. The van der Waals surface area contributed by atoms with Crippen LogP contribution in [0, 0.1) is 0 Å². The lowest BCUT2D eigenvalue weighted by Crippen LogP contribution is -2.54. The van der Waals surface area contributed by atoms with Gasteiger partial charge in [0.1, 0.15) is 6.10 Å². The molecule has 1 fully saturated rings. The third-order valence-corrected chi connectivity index (χ3v) is 5.08. The Balaban J connectivity index is 1.93. The third kappa shape index (κ3) is 1.92. The molecule has 4 rings (SSSR count). The average molecular weight is 325 g/mol. The van der Waals surface area contributed by atoms with Crippen LogP contribution in [0.1, 0.15) is 19.4 Å². The molecule has 1 saturated heterocycles. The van der Waals surface area contributed by atoms with Crippen molar-refractivity contribution in [2.75, 3.05) is 6.61 Å². The van der Waals surface area contributed by atoms with E-state index in [4.69, 9.17) is 9.47 Å². The Bertz CT molecular complexity index is 871. The molecule has 2 aliphatic rings. The quantitative estimate of drug-likeness (QED) is 0.790. The van der Waals surface area contributed by atoms with E-state index in [1.807, 2.05) is 50.3 Å². The summed E-state index contributed by atoms with van der Waals surface area (Å²) in [6, 6.07) is 9.46. The first-order valence-corrected chi connectivity index (χ1v) is 8.00. The van der Waals surface area contributed by atoms with Gasteiger partial charge in [0.25, 0.3) is 0 Å². The summed E-state index contributed by atoms with van der Waals surface area (Å²) in [4.78, 5) is 16.3. The molecule has 124 valence electrons. The van der Waals surface area contributed by atoms with E-state index in [1.165, 1.54) is 0 Å². The SMILES string of the molecule is C/C=C1\CO[C@@H](O)[C@@]2(C)c3c([nH]cc(-c4ccccc4)c3=O)O[C@@H]12. The lowest BCUT2D eigenvalue weighted by atomic mass is 9.74. The van der Waals surface area contributed by atoms with Crippen LogP contribution in [0.3, 0.4) is 0 Å². The van der Waals surface area contributed by atoms with Crippen LogP contribution in [0.2, 0.25) is 0 Å².